The molecule has 2 aromatic rings. The molecule has 2 unspecified atom stereocenters. The Morgan fingerprint density at radius 1 is 1.00 bits per heavy atom. The third-order valence-corrected chi connectivity index (χ3v) is 7.25. The summed E-state index contributed by atoms with van der Waals surface area (Å²) >= 11 is 0. The van der Waals surface area contributed by atoms with Gasteiger partial charge in [0.1, 0.15) is 11.6 Å². The van der Waals surface area contributed by atoms with Gasteiger partial charge in [0.25, 0.3) is 0 Å². The van der Waals surface area contributed by atoms with Crippen molar-refractivity contribution in [3.63, 3.8) is 0 Å². The van der Waals surface area contributed by atoms with Gasteiger partial charge in [-0.1, -0.05) is 12.2 Å². The first-order valence-corrected chi connectivity index (χ1v) is 10.7. The Balaban J connectivity index is 1.14. The fourth-order valence-electron chi connectivity index (χ4n) is 5.67. The van der Waals surface area contributed by atoms with Crippen LogP contribution in [-0.4, -0.2) is 41.3 Å². The van der Waals surface area contributed by atoms with E-state index in [2.05, 4.69) is 22.1 Å². The van der Waals surface area contributed by atoms with Gasteiger partial charge in [0, 0.05) is 17.8 Å². The number of anilines is 1. The Morgan fingerprint density at radius 2 is 1.72 bits per heavy atom. The lowest BCUT2D eigenvalue weighted by Crippen LogP contribution is -2.40. The molecule has 5 aliphatic rings. The van der Waals surface area contributed by atoms with Crippen molar-refractivity contribution < 1.29 is 23.9 Å². The minimum absolute atomic E-state index is 0.145. The van der Waals surface area contributed by atoms with E-state index in [1.165, 1.54) is 24.4 Å². The molecule has 6 atom stereocenters. The zero-order chi connectivity index (χ0) is 22.0. The van der Waals surface area contributed by atoms with Crippen molar-refractivity contribution in [2.24, 2.45) is 35.5 Å². The molecule has 8 nitrogen and oxygen atoms in total. The molecule has 4 aliphatic carbocycles. The number of rotatable bonds is 6. The van der Waals surface area contributed by atoms with E-state index in [1.807, 2.05) is 0 Å². The Hall–Kier alpha value is -3.55. The largest absolute Gasteiger partial charge is 0.484 e. The average molecular weight is 431 g/mol. The van der Waals surface area contributed by atoms with E-state index >= 15 is 0 Å². The SMILES string of the molecule is COc1ccc(C(=O)COc2ccc(N3C(=O)[C@@H]4[C@H](C3=O)[C@@H]3C=C[C@H]4C4CC43)nc2)cn1. The molecule has 3 fully saturated rings. The number of imide groups is 1. The van der Waals surface area contributed by atoms with Crippen LogP contribution in [0.3, 0.4) is 0 Å². The summed E-state index contributed by atoms with van der Waals surface area (Å²) < 4.78 is 10.5. The van der Waals surface area contributed by atoms with Crippen molar-refractivity contribution in [2.75, 3.05) is 18.6 Å². The van der Waals surface area contributed by atoms with Crippen molar-refractivity contribution in [1.82, 2.24) is 9.97 Å². The van der Waals surface area contributed by atoms with E-state index in [0.29, 0.717) is 34.8 Å². The van der Waals surface area contributed by atoms with Crippen LogP contribution in [0.4, 0.5) is 5.82 Å². The topological polar surface area (TPSA) is 98.7 Å². The van der Waals surface area contributed by atoms with Crippen LogP contribution in [0.1, 0.15) is 16.8 Å². The van der Waals surface area contributed by atoms with Crippen molar-refractivity contribution in [2.45, 2.75) is 6.42 Å². The van der Waals surface area contributed by atoms with Crippen LogP contribution in [-0.2, 0) is 9.59 Å². The van der Waals surface area contributed by atoms with E-state index < -0.39 is 0 Å². The van der Waals surface area contributed by atoms with Gasteiger partial charge < -0.3 is 9.47 Å². The number of methoxy groups -OCH3 is 1. The molecule has 2 aromatic heterocycles. The Bertz CT molecular complexity index is 1110. The lowest BCUT2D eigenvalue weighted by molar-refractivity contribution is -0.124. The van der Waals surface area contributed by atoms with E-state index in [1.54, 1.807) is 24.3 Å². The van der Waals surface area contributed by atoms with Crippen molar-refractivity contribution in [3.05, 3.63) is 54.4 Å². The van der Waals surface area contributed by atoms with Crippen LogP contribution in [0.2, 0.25) is 0 Å². The third kappa shape index (κ3) is 2.78. The predicted molar refractivity (Wildman–Crippen MR) is 112 cm³/mol. The maximum absolute atomic E-state index is 13.1. The van der Waals surface area contributed by atoms with Gasteiger partial charge in [-0.3, -0.25) is 14.4 Å². The van der Waals surface area contributed by atoms with Gasteiger partial charge in [-0.2, -0.15) is 0 Å². The summed E-state index contributed by atoms with van der Waals surface area (Å²) in [5.41, 5.74) is 0.410. The molecule has 7 rings (SSSR count). The number of hydrogen-bond donors (Lipinski definition) is 0. The van der Waals surface area contributed by atoms with Crippen molar-refractivity contribution in [3.8, 4) is 11.6 Å². The highest BCUT2D eigenvalue weighted by Gasteiger charge is 2.67. The molecule has 2 bridgehead atoms. The lowest BCUT2D eigenvalue weighted by Gasteiger charge is -2.37. The van der Waals surface area contributed by atoms with Gasteiger partial charge in [0.15, 0.2) is 6.61 Å². The van der Waals surface area contributed by atoms with Crippen LogP contribution < -0.4 is 14.4 Å². The Morgan fingerprint density at radius 3 is 2.28 bits per heavy atom. The fraction of sp³-hybridized carbons (Fsp3) is 0.375. The molecule has 2 saturated carbocycles. The van der Waals surface area contributed by atoms with E-state index in [9.17, 15) is 14.4 Å². The molecule has 1 aliphatic heterocycles. The van der Waals surface area contributed by atoms with Gasteiger partial charge in [-0.15, -0.1) is 0 Å². The molecule has 0 aromatic carbocycles. The average Bonchev–Trinajstić information content (AvgIpc) is 3.61. The summed E-state index contributed by atoms with van der Waals surface area (Å²) in [4.78, 5) is 48.1. The number of ketones is 1. The van der Waals surface area contributed by atoms with Gasteiger partial charge in [-0.25, -0.2) is 14.9 Å². The number of carbonyl (C=O) groups excluding carboxylic acids is 3. The van der Waals surface area contributed by atoms with E-state index in [4.69, 9.17) is 9.47 Å². The smallest absolute Gasteiger partial charge is 0.239 e. The number of nitrogens with zero attached hydrogens (tertiary/aromatic N) is 3. The first-order valence-electron chi connectivity index (χ1n) is 10.7. The van der Waals surface area contributed by atoms with E-state index in [0.717, 1.165) is 6.42 Å². The van der Waals surface area contributed by atoms with Gasteiger partial charge in [0.05, 0.1) is 25.1 Å². The lowest BCUT2D eigenvalue weighted by atomic mass is 9.63. The normalized spacial score (nSPS) is 31.3. The summed E-state index contributed by atoms with van der Waals surface area (Å²) in [5.74, 6) is 1.55. The van der Waals surface area contributed by atoms with Crippen LogP contribution in [0.25, 0.3) is 0 Å². The first-order chi connectivity index (χ1) is 15.6. The molecule has 162 valence electrons. The number of aromatic nitrogens is 2. The van der Waals surface area contributed by atoms with Crippen LogP contribution in [0.5, 0.6) is 11.6 Å². The molecule has 2 amide bonds. The number of ether oxygens (including phenoxy) is 2. The fourth-order valence-corrected chi connectivity index (χ4v) is 5.67. The molecule has 0 spiro atoms. The van der Waals surface area contributed by atoms with E-state index in [-0.39, 0.29) is 47.9 Å². The number of carbonyl (C=O) groups is 3. The van der Waals surface area contributed by atoms with Gasteiger partial charge >= 0.3 is 0 Å². The van der Waals surface area contributed by atoms with Crippen molar-refractivity contribution >= 4 is 23.4 Å². The first kappa shape index (κ1) is 19.2. The second-order valence-corrected chi connectivity index (χ2v) is 8.82. The maximum atomic E-state index is 13.1. The number of allylic oxidation sites excluding steroid dienone is 2. The van der Waals surface area contributed by atoms with Crippen molar-refractivity contribution in [1.29, 1.82) is 0 Å². The molecule has 0 N–H and O–H groups in total. The Labute approximate surface area is 184 Å². The molecule has 3 heterocycles. The highest BCUT2D eigenvalue weighted by atomic mass is 16.5. The van der Waals surface area contributed by atoms with Crippen LogP contribution in [0.15, 0.2) is 48.8 Å². The van der Waals surface area contributed by atoms with Crippen LogP contribution in [0, 0.1) is 35.5 Å². The number of pyridine rings is 2. The number of hydrogen-bond acceptors (Lipinski definition) is 7. The molecule has 0 radical (unpaired) electrons. The summed E-state index contributed by atoms with van der Waals surface area (Å²) in [6, 6.07) is 6.44. The molecule has 1 saturated heterocycles. The minimum Gasteiger partial charge on any atom is -0.484 e. The van der Waals surface area contributed by atoms with Gasteiger partial charge in [0.2, 0.25) is 23.5 Å². The molecule has 32 heavy (non-hydrogen) atoms. The third-order valence-electron chi connectivity index (χ3n) is 7.25. The standard InChI is InChI=1S/C24H21N3O5/c1-31-20-7-2-12(9-26-20)18(28)11-32-13-3-6-19(25-10-13)27-23(29)21-14-4-5-15(17-8-16(14)17)22(21)24(27)30/h2-7,9-10,14-17,21-22H,8,11H2,1H3/t14-,15+,16?,17?,21-,22+. The molecular weight excluding hydrogens is 410 g/mol. The number of amides is 2. The highest BCUT2D eigenvalue weighted by Crippen LogP contribution is 2.65. The summed E-state index contributed by atoms with van der Waals surface area (Å²) in [6.07, 6.45) is 8.29. The second-order valence-electron chi connectivity index (χ2n) is 8.82. The zero-order valence-corrected chi connectivity index (χ0v) is 17.4. The molecular formula is C24H21N3O5. The predicted octanol–water partition coefficient (Wildman–Crippen LogP) is 2.30. The summed E-state index contributed by atoms with van der Waals surface area (Å²) in [7, 11) is 1.50. The quantitative estimate of drug-likeness (QED) is 0.393. The summed E-state index contributed by atoms with van der Waals surface area (Å²) in [5, 5.41) is 0. The molecule has 8 heteroatoms. The monoisotopic (exact) mass is 431 g/mol. The summed E-state index contributed by atoms with van der Waals surface area (Å²) in [6.45, 7) is -0.182. The van der Waals surface area contributed by atoms with Crippen LogP contribution >= 0.6 is 0 Å². The minimum atomic E-state index is -0.255. The maximum Gasteiger partial charge on any atom is 0.239 e. The van der Waals surface area contributed by atoms with Gasteiger partial charge in [-0.05, 0) is 48.3 Å². The number of Topliss-reactive ketones (excluding diaryl/α,β-unsaturated/α-hetero) is 1. The Kier molecular flexibility index (Phi) is 4.18. The highest BCUT2D eigenvalue weighted by molar-refractivity contribution is 6.22. The zero-order valence-electron chi connectivity index (χ0n) is 17.4. The second kappa shape index (κ2) is 6.98.